The van der Waals surface area contributed by atoms with Gasteiger partial charge in [0.15, 0.2) is 17.9 Å². The number of halogens is 1. The molecule has 0 saturated carbocycles. The minimum Gasteiger partial charge on any atom is -0.310 e. The van der Waals surface area contributed by atoms with Gasteiger partial charge in [-0.1, -0.05) is 23.7 Å². The Labute approximate surface area is 193 Å². The van der Waals surface area contributed by atoms with Gasteiger partial charge in [0, 0.05) is 29.3 Å². The van der Waals surface area contributed by atoms with Crippen LogP contribution in [0.4, 0.5) is 11.4 Å². The molecule has 32 heavy (non-hydrogen) atoms. The standard InChI is InChI=1S/C25H29ClN6/c1-18(27-12-9-19-10-13-30(2)14-11-19)20-5-7-22(8-6-20)28-29-23-15-21(26)16-24-25(23)32(4)17-31(24)3/h5-8,10-11,13-18,27H,9,12H2,1-4H3/q+2. The summed E-state index contributed by atoms with van der Waals surface area (Å²) >= 11 is 6.30. The smallest absolute Gasteiger partial charge is 0.244 e. The van der Waals surface area contributed by atoms with E-state index in [-0.39, 0.29) is 6.04 Å². The molecule has 0 aliphatic carbocycles. The Morgan fingerprint density at radius 1 is 1.03 bits per heavy atom. The topological polar surface area (TPSA) is 49.4 Å². The lowest BCUT2D eigenvalue weighted by Gasteiger charge is -2.14. The third-order valence-corrected chi connectivity index (χ3v) is 5.91. The van der Waals surface area contributed by atoms with Gasteiger partial charge >= 0.3 is 0 Å². The molecule has 1 N–H and O–H groups in total. The van der Waals surface area contributed by atoms with Crippen LogP contribution in [0.1, 0.15) is 24.1 Å². The number of nitrogens with one attached hydrogen (secondary N) is 1. The summed E-state index contributed by atoms with van der Waals surface area (Å²) < 4.78 is 6.11. The summed E-state index contributed by atoms with van der Waals surface area (Å²) in [5.41, 5.74) is 6.15. The van der Waals surface area contributed by atoms with Crippen LogP contribution in [0.15, 0.2) is 77.5 Å². The molecule has 0 saturated heterocycles. The molecule has 164 valence electrons. The first kappa shape index (κ1) is 22.1. The second-order valence-corrected chi connectivity index (χ2v) is 8.66. The Morgan fingerprint density at radius 3 is 2.47 bits per heavy atom. The van der Waals surface area contributed by atoms with E-state index in [0.29, 0.717) is 5.02 Å². The van der Waals surface area contributed by atoms with Crippen molar-refractivity contribution in [3.8, 4) is 0 Å². The van der Waals surface area contributed by atoms with Gasteiger partial charge in [0.05, 0.1) is 19.8 Å². The maximum absolute atomic E-state index is 6.30. The molecule has 0 amide bonds. The molecule has 1 atom stereocenters. The number of nitrogens with zero attached hydrogens (tertiary/aromatic N) is 5. The molecule has 0 aliphatic heterocycles. The molecule has 2 aromatic heterocycles. The maximum atomic E-state index is 6.30. The van der Waals surface area contributed by atoms with E-state index in [0.717, 1.165) is 35.4 Å². The van der Waals surface area contributed by atoms with Gasteiger partial charge < -0.3 is 5.32 Å². The van der Waals surface area contributed by atoms with Crippen molar-refractivity contribution >= 4 is 34.0 Å². The van der Waals surface area contributed by atoms with Crippen LogP contribution < -0.4 is 14.5 Å². The Kier molecular flexibility index (Phi) is 6.63. The number of azo groups is 1. The summed E-state index contributed by atoms with van der Waals surface area (Å²) in [7, 11) is 6.02. The number of imidazole rings is 1. The highest BCUT2D eigenvalue weighted by Gasteiger charge is 2.16. The van der Waals surface area contributed by atoms with Crippen molar-refractivity contribution < 1.29 is 9.13 Å². The molecular formula is C25H29ClN6+2. The van der Waals surface area contributed by atoms with Gasteiger partial charge in [-0.05, 0) is 49.2 Å². The lowest BCUT2D eigenvalue weighted by Crippen LogP contribution is -2.26. The van der Waals surface area contributed by atoms with Crippen LogP contribution in [0.3, 0.4) is 0 Å². The largest absolute Gasteiger partial charge is 0.310 e. The SMILES string of the molecule is CC(NCCc1cc[n+](C)cc1)c1ccc(N=Nc2cc(Cl)cc3c2[n+](C)cn3C)cc1. The first-order chi connectivity index (χ1) is 15.4. The van der Waals surface area contributed by atoms with Gasteiger partial charge in [-0.2, -0.15) is 5.11 Å². The van der Waals surface area contributed by atoms with Crippen LogP contribution in [0.5, 0.6) is 0 Å². The normalized spacial score (nSPS) is 12.7. The molecule has 0 spiro atoms. The van der Waals surface area contributed by atoms with E-state index >= 15 is 0 Å². The molecule has 0 radical (unpaired) electrons. The first-order valence-electron chi connectivity index (χ1n) is 10.7. The fraction of sp³-hybridized carbons (Fsp3) is 0.280. The Bertz CT molecular complexity index is 1240. The van der Waals surface area contributed by atoms with E-state index in [2.05, 4.69) is 59.1 Å². The Morgan fingerprint density at radius 2 is 1.75 bits per heavy atom. The van der Waals surface area contributed by atoms with Gasteiger partial charge in [0.1, 0.15) is 12.7 Å². The number of benzene rings is 2. The van der Waals surface area contributed by atoms with Crippen LogP contribution in [0, 0.1) is 0 Å². The van der Waals surface area contributed by atoms with Gasteiger partial charge in [-0.15, -0.1) is 5.11 Å². The van der Waals surface area contributed by atoms with E-state index in [9.17, 15) is 0 Å². The molecule has 2 aromatic carbocycles. The van der Waals surface area contributed by atoms with Crippen molar-refractivity contribution in [3.63, 3.8) is 0 Å². The number of pyridine rings is 1. The zero-order valence-corrected chi connectivity index (χ0v) is 19.7. The van der Waals surface area contributed by atoms with E-state index in [4.69, 9.17) is 11.6 Å². The number of aryl methyl sites for hydroxylation is 3. The predicted molar refractivity (Wildman–Crippen MR) is 127 cm³/mol. The summed E-state index contributed by atoms with van der Waals surface area (Å²) in [6.45, 7) is 3.11. The van der Waals surface area contributed by atoms with E-state index in [1.54, 1.807) is 0 Å². The van der Waals surface area contributed by atoms with Crippen molar-refractivity contribution in [1.29, 1.82) is 0 Å². The van der Waals surface area contributed by atoms with Crippen LogP contribution in [0.2, 0.25) is 5.02 Å². The molecule has 6 nitrogen and oxygen atoms in total. The fourth-order valence-corrected chi connectivity index (χ4v) is 4.05. The van der Waals surface area contributed by atoms with E-state index < -0.39 is 0 Å². The maximum Gasteiger partial charge on any atom is 0.244 e. The molecule has 4 rings (SSSR count). The van der Waals surface area contributed by atoms with Crippen molar-refractivity contribution in [2.75, 3.05) is 6.54 Å². The average Bonchev–Trinajstić information content (AvgIpc) is 3.07. The Balaban J connectivity index is 1.41. The van der Waals surface area contributed by atoms with Gasteiger partial charge in [-0.25, -0.2) is 13.7 Å². The van der Waals surface area contributed by atoms with Crippen LogP contribution >= 0.6 is 11.6 Å². The van der Waals surface area contributed by atoms with Crippen molar-refractivity contribution in [3.05, 3.63) is 83.4 Å². The van der Waals surface area contributed by atoms with E-state index in [1.165, 1.54) is 11.1 Å². The van der Waals surface area contributed by atoms with E-state index in [1.807, 2.05) is 65.4 Å². The third-order valence-electron chi connectivity index (χ3n) is 5.69. The predicted octanol–water partition coefficient (Wildman–Crippen LogP) is 4.79. The summed E-state index contributed by atoms with van der Waals surface area (Å²) in [6.07, 6.45) is 7.17. The van der Waals surface area contributed by atoms with Crippen molar-refractivity contribution in [1.82, 2.24) is 9.88 Å². The molecule has 0 aliphatic rings. The fourth-order valence-electron chi connectivity index (χ4n) is 3.85. The number of rotatable bonds is 7. The van der Waals surface area contributed by atoms with Crippen LogP contribution in [-0.4, -0.2) is 11.1 Å². The second-order valence-electron chi connectivity index (χ2n) is 8.22. The summed E-state index contributed by atoms with van der Waals surface area (Å²) in [6, 6.07) is 16.6. The van der Waals surface area contributed by atoms with Gasteiger partial charge in [0.2, 0.25) is 11.8 Å². The Hall–Kier alpha value is -3.09. The molecule has 7 heteroatoms. The van der Waals surface area contributed by atoms with Crippen LogP contribution in [0.25, 0.3) is 11.0 Å². The summed E-state index contributed by atoms with van der Waals surface area (Å²) in [5, 5.41) is 13.2. The average molecular weight is 449 g/mol. The van der Waals surface area contributed by atoms with Crippen molar-refractivity contribution in [2.45, 2.75) is 19.4 Å². The molecular weight excluding hydrogens is 420 g/mol. The molecule has 0 fully saturated rings. The summed E-state index contributed by atoms with van der Waals surface area (Å²) in [4.78, 5) is 0. The minimum atomic E-state index is 0.261. The quantitative estimate of drug-likeness (QED) is 0.320. The molecule has 1 unspecified atom stereocenters. The first-order valence-corrected chi connectivity index (χ1v) is 11.1. The lowest BCUT2D eigenvalue weighted by atomic mass is 10.1. The van der Waals surface area contributed by atoms with Gasteiger partial charge in [-0.3, -0.25) is 0 Å². The number of aromatic nitrogens is 3. The number of hydrogen-bond donors (Lipinski definition) is 1. The zero-order chi connectivity index (χ0) is 22.7. The minimum absolute atomic E-state index is 0.261. The highest BCUT2D eigenvalue weighted by molar-refractivity contribution is 6.31. The van der Waals surface area contributed by atoms with Crippen LogP contribution in [-0.2, 0) is 27.6 Å². The van der Waals surface area contributed by atoms with Crippen molar-refractivity contribution in [2.24, 2.45) is 31.4 Å². The third kappa shape index (κ3) is 5.03. The summed E-state index contributed by atoms with van der Waals surface area (Å²) in [5.74, 6) is 0. The molecule has 0 bridgehead atoms. The monoisotopic (exact) mass is 448 g/mol. The highest BCUT2D eigenvalue weighted by atomic mass is 35.5. The number of hydrogen-bond acceptors (Lipinski definition) is 3. The molecule has 4 aromatic rings. The number of fused-ring (bicyclic) bond motifs is 1. The second kappa shape index (κ2) is 9.59. The zero-order valence-electron chi connectivity index (χ0n) is 19.0. The lowest BCUT2D eigenvalue weighted by molar-refractivity contribution is -0.671. The highest BCUT2D eigenvalue weighted by Crippen LogP contribution is 2.29. The van der Waals surface area contributed by atoms with Gasteiger partial charge in [0.25, 0.3) is 0 Å². The molecule has 2 heterocycles.